The van der Waals surface area contributed by atoms with E-state index in [1.165, 1.54) is 5.69 Å². The molecular weight excluding hydrogens is 244 g/mol. The summed E-state index contributed by atoms with van der Waals surface area (Å²) in [6, 6.07) is 2.23. The number of aromatic nitrogens is 3. The molecule has 0 aliphatic heterocycles. The predicted molar refractivity (Wildman–Crippen MR) is 74.9 cm³/mol. The van der Waals surface area contributed by atoms with Gasteiger partial charge in [0, 0.05) is 42.2 Å². The molecule has 1 atom stereocenters. The first-order valence-electron chi connectivity index (χ1n) is 6.28. The van der Waals surface area contributed by atoms with Gasteiger partial charge >= 0.3 is 0 Å². The molecule has 2 heterocycles. The van der Waals surface area contributed by atoms with E-state index in [4.69, 9.17) is 5.73 Å². The molecule has 0 fully saturated rings. The Kier molecular flexibility index (Phi) is 4.14. The van der Waals surface area contributed by atoms with Gasteiger partial charge in [0.1, 0.15) is 0 Å². The maximum absolute atomic E-state index is 6.21. The summed E-state index contributed by atoms with van der Waals surface area (Å²) in [6.07, 6.45) is 1.69. The van der Waals surface area contributed by atoms with E-state index in [9.17, 15) is 0 Å². The number of thiazole rings is 1. The topological polar surface area (TPSA) is 56.7 Å². The van der Waals surface area contributed by atoms with Gasteiger partial charge in [0.25, 0.3) is 0 Å². The van der Waals surface area contributed by atoms with Crippen molar-refractivity contribution in [1.82, 2.24) is 14.8 Å². The van der Waals surface area contributed by atoms with Gasteiger partial charge in [0.2, 0.25) is 0 Å². The maximum Gasteiger partial charge on any atom is 0.0943 e. The van der Waals surface area contributed by atoms with Crippen LogP contribution in [0.4, 0.5) is 0 Å². The second-order valence-electron chi connectivity index (χ2n) is 4.64. The van der Waals surface area contributed by atoms with Crippen LogP contribution in [-0.2, 0) is 19.4 Å². The number of hydrogen-bond acceptors (Lipinski definition) is 4. The fourth-order valence-electron chi connectivity index (χ4n) is 2.10. The zero-order valence-corrected chi connectivity index (χ0v) is 12.0. The largest absolute Gasteiger partial charge is 0.327 e. The normalized spacial score (nSPS) is 12.9. The first-order valence-corrected chi connectivity index (χ1v) is 7.16. The van der Waals surface area contributed by atoms with Gasteiger partial charge in [-0.1, -0.05) is 0 Å². The molecule has 2 rings (SSSR count). The number of nitrogens with zero attached hydrogens (tertiary/aromatic N) is 3. The molecule has 98 valence electrons. The molecule has 0 aliphatic carbocycles. The van der Waals surface area contributed by atoms with E-state index >= 15 is 0 Å². The van der Waals surface area contributed by atoms with E-state index < -0.39 is 0 Å². The van der Waals surface area contributed by atoms with Crippen LogP contribution in [0.3, 0.4) is 0 Å². The van der Waals surface area contributed by atoms with Gasteiger partial charge in [-0.15, -0.1) is 11.3 Å². The fourth-order valence-corrected chi connectivity index (χ4v) is 2.97. The molecule has 0 spiro atoms. The smallest absolute Gasteiger partial charge is 0.0943 e. The Balaban J connectivity index is 2.00. The summed E-state index contributed by atoms with van der Waals surface area (Å²) in [7, 11) is 0. The molecule has 2 aromatic heterocycles. The Morgan fingerprint density at radius 3 is 2.72 bits per heavy atom. The first kappa shape index (κ1) is 13.2. The van der Waals surface area contributed by atoms with Crippen LogP contribution in [0, 0.1) is 13.8 Å². The van der Waals surface area contributed by atoms with Gasteiger partial charge in [-0.3, -0.25) is 4.68 Å². The number of rotatable bonds is 5. The summed E-state index contributed by atoms with van der Waals surface area (Å²) in [6.45, 7) is 7.03. The third-order valence-electron chi connectivity index (χ3n) is 2.86. The number of hydrogen-bond donors (Lipinski definition) is 1. The van der Waals surface area contributed by atoms with E-state index in [0.717, 1.165) is 35.8 Å². The summed E-state index contributed by atoms with van der Waals surface area (Å²) in [5, 5.41) is 7.64. The van der Waals surface area contributed by atoms with Crippen molar-refractivity contribution in [2.24, 2.45) is 5.73 Å². The highest BCUT2D eigenvalue weighted by atomic mass is 32.1. The number of nitrogens with two attached hydrogens (primary N) is 1. The Hall–Kier alpha value is -1.20. The maximum atomic E-state index is 6.21. The van der Waals surface area contributed by atoms with Gasteiger partial charge in [0.15, 0.2) is 0 Å². The van der Waals surface area contributed by atoms with Crippen molar-refractivity contribution in [3.05, 3.63) is 33.5 Å². The second-order valence-corrected chi connectivity index (χ2v) is 5.59. The first-order chi connectivity index (χ1) is 8.58. The zero-order chi connectivity index (χ0) is 13.1. The lowest BCUT2D eigenvalue weighted by atomic mass is 10.1. The lowest BCUT2D eigenvalue weighted by Gasteiger charge is -2.10. The average molecular weight is 264 g/mol. The van der Waals surface area contributed by atoms with Crippen LogP contribution < -0.4 is 5.73 Å². The fraction of sp³-hybridized carbons (Fsp3) is 0.538. The van der Waals surface area contributed by atoms with Crippen molar-refractivity contribution in [3.63, 3.8) is 0 Å². The molecule has 0 aromatic carbocycles. The molecule has 2 aromatic rings. The molecule has 1 unspecified atom stereocenters. The third-order valence-corrected chi connectivity index (χ3v) is 3.85. The van der Waals surface area contributed by atoms with Crippen molar-refractivity contribution in [2.75, 3.05) is 0 Å². The molecule has 2 N–H and O–H groups in total. The van der Waals surface area contributed by atoms with Gasteiger partial charge in [-0.25, -0.2) is 4.98 Å². The molecule has 18 heavy (non-hydrogen) atoms. The van der Waals surface area contributed by atoms with Gasteiger partial charge in [0.05, 0.1) is 10.7 Å². The monoisotopic (exact) mass is 264 g/mol. The Morgan fingerprint density at radius 1 is 1.33 bits per heavy atom. The average Bonchev–Trinajstić information content (AvgIpc) is 2.85. The second kappa shape index (κ2) is 5.63. The Labute approximate surface area is 112 Å². The van der Waals surface area contributed by atoms with E-state index in [1.807, 2.05) is 18.5 Å². The lowest BCUT2D eigenvalue weighted by Crippen LogP contribution is -2.26. The number of aryl methyl sites for hydroxylation is 3. The standard InChI is InChI=1S/C13H20N4S/c1-4-17-12(5-9(2)16-17)6-11(14)7-13-15-10(3)8-18-13/h5,8,11H,4,6-7,14H2,1-3H3. The van der Waals surface area contributed by atoms with Gasteiger partial charge in [-0.2, -0.15) is 5.10 Å². The summed E-state index contributed by atoms with van der Waals surface area (Å²) in [5.41, 5.74) is 9.56. The van der Waals surface area contributed by atoms with E-state index in [-0.39, 0.29) is 6.04 Å². The van der Waals surface area contributed by atoms with Crippen molar-refractivity contribution in [3.8, 4) is 0 Å². The van der Waals surface area contributed by atoms with Crippen molar-refractivity contribution in [1.29, 1.82) is 0 Å². The van der Waals surface area contributed by atoms with Crippen LogP contribution in [0.25, 0.3) is 0 Å². The minimum Gasteiger partial charge on any atom is -0.327 e. The molecule has 0 amide bonds. The Morgan fingerprint density at radius 2 is 2.11 bits per heavy atom. The van der Waals surface area contributed by atoms with Crippen molar-refractivity contribution in [2.45, 2.75) is 46.2 Å². The van der Waals surface area contributed by atoms with Crippen LogP contribution in [-0.4, -0.2) is 20.8 Å². The van der Waals surface area contributed by atoms with E-state index in [1.54, 1.807) is 11.3 Å². The van der Waals surface area contributed by atoms with Crippen LogP contribution in [0.5, 0.6) is 0 Å². The Bertz CT molecular complexity index is 515. The summed E-state index contributed by atoms with van der Waals surface area (Å²) >= 11 is 1.69. The van der Waals surface area contributed by atoms with Gasteiger partial charge in [-0.05, 0) is 26.8 Å². The highest BCUT2D eigenvalue weighted by Gasteiger charge is 2.12. The molecule has 0 saturated heterocycles. The lowest BCUT2D eigenvalue weighted by molar-refractivity contribution is 0.573. The summed E-state index contributed by atoms with van der Waals surface area (Å²) in [4.78, 5) is 4.46. The molecule has 0 aliphatic rings. The predicted octanol–water partition coefficient (Wildman–Crippen LogP) is 2.09. The van der Waals surface area contributed by atoms with Crippen molar-refractivity contribution >= 4 is 11.3 Å². The quantitative estimate of drug-likeness (QED) is 0.899. The summed E-state index contributed by atoms with van der Waals surface area (Å²) < 4.78 is 2.03. The van der Waals surface area contributed by atoms with E-state index in [2.05, 4.69) is 28.5 Å². The highest BCUT2D eigenvalue weighted by Crippen LogP contribution is 2.13. The molecule has 5 heteroatoms. The molecule has 4 nitrogen and oxygen atoms in total. The van der Waals surface area contributed by atoms with Gasteiger partial charge < -0.3 is 5.73 Å². The van der Waals surface area contributed by atoms with Crippen molar-refractivity contribution < 1.29 is 0 Å². The van der Waals surface area contributed by atoms with Crippen LogP contribution >= 0.6 is 11.3 Å². The van der Waals surface area contributed by atoms with Crippen LogP contribution in [0.2, 0.25) is 0 Å². The highest BCUT2D eigenvalue weighted by molar-refractivity contribution is 7.09. The third kappa shape index (κ3) is 3.17. The van der Waals surface area contributed by atoms with E-state index in [0.29, 0.717) is 0 Å². The van der Waals surface area contributed by atoms with Crippen LogP contribution in [0.1, 0.15) is 29.0 Å². The SMILES string of the molecule is CCn1nc(C)cc1CC(N)Cc1nc(C)cs1. The zero-order valence-electron chi connectivity index (χ0n) is 11.2. The molecular formula is C13H20N4S. The minimum absolute atomic E-state index is 0.108. The minimum atomic E-state index is 0.108. The molecule has 0 bridgehead atoms. The molecule has 0 saturated carbocycles. The molecule has 0 radical (unpaired) electrons. The summed E-state index contributed by atoms with van der Waals surface area (Å²) in [5.74, 6) is 0. The van der Waals surface area contributed by atoms with Crippen LogP contribution in [0.15, 0.2) is 11.4 Å².